The maximum Gasteiger partial charge on any atom is 0.320 e. The molecular weight excluding hydrogens is 313 g/mol. The summed E-state index contributed by atoms with van der Waals surface area (Å²) >= 11 is 17.0. The highest BCUT2D eigenvalue weighted by atomic mass is 35.6. The molecule has 9 heteroatoms. The average molecular weight is 328 g/mol. The van der Waals surface area contributed by atoms with Crippen molar-refractivity contribution < 1.29 is 23.5 Å². The molecule has 0 aromatic carbocycles. The van der Waals surface area contributed by atoms with Gasteiger partial charge in [0.2, 0.25) is 0 Å². The van der Waals surface area contributed by atoms with Gasteiger partial charge in [0.05, 0.1) is 7.11 Å². The maximum absolute atomic E-state index is 10.7. The minimum Gasteiger partial charge on any atom is -0.469 e. The zero-order chi connectivity index (χ0) is 13.7. The number of rotatable bonds is 6. The number of hydrogen-bond donors (Lipinski definition) is 1. The van der Waals surface area contributed by atoms with Crippen molar-refractivity contribution >= 4 is 43.1 Å². The fourth-order valence-electron chi connectivity index (χ4n) is 0.828. The van der Waals surface area contributed by atoms with E-state index < -0.39 is 17.8 Å². The Kier molecular flexibility index (Phi) is 7.22. The molecule has 0 fully saturated rings. The standard InChI is InChI=1S/C8H14Cl3O5P/c1-4-5-6(14-3)15-7(2,8(9,10)11)16-17(12)13/h5,17H,4H2,1-3H3,(H,12,13). The predicted octanol–water partition coefficient (Wildman–Crippen LogP) is 3.39. The van der Waals surface area contributed by atoms with Gasteiger partial charge in [0.1, 0.15) is 0 Å². The molecule has 102 valence electrons. The minimum absolute atomic E-state index is 0.0320. The van der Waals surface area contributed by atoms with Crippen LogP contribution in [0.4, 0.5) is 0 Å². The fourth-order valence-corrected chi connectivity index (χ4v) is 1.78. The smallest absolute Gasteiger partial charge is 0.320 e. The van der Waals surface area contributed by atoms with Crippen molar-refractivity contribution in [3.05, 3.63) is 12.0 Å². The lowest BCUT2D eigenvalue weighted by atomic mass is 10.4. The molecule has 2 unspecified atom stereocenters. The van der Waals surface area contributed by atoms with Crippen molar-refractivity contribution in [3.8, 4) is 0 Å². The van der Waals surface area contributed by atoms with E-state index in [1.807, 2.05) is 6.92 Å². The van der Waals surface area contributed by atoms with Crippen LogP contribution < -0.4 is 0 Å². The first-order chi connectivity index (χ1) is 7.66. The third kappa shape index (κ3) is 5.69. The molecule has 0 rings (SSSR count). The molecule has 0 aliphatic carbocycles. The van der Waals surface area contributed by atoms with E-state index in [1.165, 1.54) is 14.0 Å². The molecule has 0 aliphatic heterocycles. The third-order valence-electron chi connectivity index (χ3n) is 1.66. The lowest BCUT2D eigenvalue weighted by Crippen LogP contribution is -2.43. The molecule has 0 spiro atoms. The molecule has 0 aromatic rings. The van der Waals surface area contributed by atoms with E-state index in [9.17, 15) is 4.57 Å². The van der Waals surface area contributed by atoms with Crippen molar-refractivity contribution in [2.45, 2.75) is 29.8 Å². The van der Waals surface area contributed by atoms with Crippen LogP contribution >= 0.6 is 43.1 Å². The maximum atomic E-state index is 10.7. The highest BCUT2D eigenvalue weighted by Gasteiger charge is 2.50. The Hall–Kier alpha value is 0.360. The summed E-state index contributed by atoms with van der Waals surface area (Å²) in [6.45, 7) is 3.06. The summed E-state index contributed by atoms with van der Waals surface area (Å²) in [5, 5.41) is 0. The summed E-state index contributed by atoms with van der Waals surface area (Å²) in [6, 6.07) is 0. The molecule has 0 bridgehead atoms. The Morgan fingerprint density at radius 3 is 2.29 bits per heavy atom. The van der Waals surface area contributed by atoms with Gasteiger partial charge in [-0.25, -0.2) is 0 Å². The topological polar surface area (TPSA) is 65.0 Å². The molecule has 5 nitrogen and oxygen atoms in total. The van der Waals surface area contributed by atoms with Crippen LogP contribution in [0, 0.1) is 0 Å². The number of allylic oxidation sites excluding steroid dienone is 1. The summed E-state index contributed by atoms with van der Waals surface area (Å²) in [4.78, 5) is 8.77. The highest BCUT2D eigenvalue weighted by molar-refractivity contribution is 7.32. The summed E-state index contributed by atoms with van der Waals surface area (Å²) < 4.78 is 23.4. The predicted molar refractivity (Wildman–Crippen MR) is 67.5 cm³/mol. The first kappa shape index (κ1) is 17.4. The van der Waals surface area contributed by atoms with E-state index in [2.05, 4.69) is 4.52 Å². The second-order valence-corrected chi connectivity index (χ2v) is 6.07. The summed E-state index contributed by atoms with van der Waals surface area (Å²) in [6.07, 6.45) is 2.17. The van der Waals surface area contributed by atoms with Gasteiger partial charge in [-0.2, -0.15) is 0 Å². The molecular formula is C8H14Cl3O5P. The van der Waals surface area contributed by atoms with Crippen LogP contribution in [0.2, 0.25) is 0 Å². The second kappa shape index (κ2) is 7.07. The van der Waals surface area contributed by atoms with Gasteiger partial charge in [-0.15, -0.1) is 0 Å². The van der Waals surface area contributed by atoms with Crippen molar-refractivity contribution in [3.63, 3.8) is 0 Å². The third-order valence-corrected chi connectivity index (χ3v) is 3.26. The number of halogens is 3. The fraction of sp³-hybridized carbons (Fsp3) is 0.750. The molecule has 17 heavy (non-hydrogen) atoms. The number of alkyl halides is 3. The zero-order valence-corrected chi connectivity index (χ0v) is 12.8. The van der Waals surface area contributed by atoms with Crippen molar-refractivity contribution in [1.29, 1.82) is 0 Å². The summed E-state index contributed by atoms with van der Waals surface area (Å²) in [5.74, 6) is -1.90. The van der Waals surface area contributed by atoms with Gasteiger partial charge in [-0.05, 0) is 12.5 Å². The van der Waals surface area contributed by atoms with Crippen LogP contribution in [0.3, 0.4) is 0 Å². The van der Waals surface area contributed by atoms with Crippen LogP contribution in [-0.2, 0) is 18.6 Å². The molecule has 0 saturated heterocycles. The highest BCUT2D eigenvalue weighted by Crippen LogP contribution is 2.46. The van der Waals surface area contributed by atoms with Gasteiger partial charge < -0.3 is 14.4 Å². The molecule has 0 aliphatic rings. The zero-order valence-electron chi connectivity index (χ0n) is 9.50. The van der Waals surface area contributed by atoms with Crippen LogP contribution in [0.25, 0.3) is 0 Å². The molecule has 0 radical (unpaired) electrons. The van der Waals surface area contributed by atoms with Crippen LogP contribution in [0.5, 0.6) is 0 Å². The first-order valence-corrected chi connectivity index (χ1v) is 6.98. The summed E-state index contributed by atoms with van der Waals surface area (Å²) in [5.41, 5.74) is 0. The van der Waals surface area contributed by atoms with Gasteiger partial charge >= 0.3 is 8.25 Å². The van der Waals surface area contributed by atoms with E-state index in [0.717, 1.165) is 0 Å². The number of methoxy groups -OCH3 is 1. The van der Waals surface area contributed by atoms with Crippen LogP contribution in [0.15, 0.2) is 12.0 Å². The van der Waals surface area contributed by atoms with E-state index in [-0.39, 0.29) is 5.95 Å². The molecule has 0 amide bonds. The number of ether oxygens (including phenoxy) is 2. The Bertz CT molecular complexity index is 304. The van der Waals surface area contributed by atoms with Gasteiger partial charge in [-0.3, -0.25) is 9.09 Å². The Morgan fingerprint density at radius 1 is 1.47 bits per heavy atom. The van der Waals surface area contributed by atoms with E-state index in [0.29, 0.717) is 6.42 Å². The second-order valence-electron chi connectivity index (χ2n) is 3.05. The van der Waals surface area contributed by atoms with Crippen molar-refractivity contribution in [2.24, 2.45) is 0 Å². The van der Waals surface area contributed by atoms with Gasteiger partial charge in [0.15, 0.2) is 0 Å². The van der Waals surface area contributed by atoms with E-state index in [4.69, 9.17) is 49.2 Å². The van der Waals surface area contributed by atoms with Crippen LogP contribution in [-0.4, -0.2) is 21.6 Å². The molecule has 0 saturated carbocycles. The molecule has 2 atom stereocenters. The number of hydrogen-bond acceptors (Lipinski definition) is 4. The van der Waals surface area contributed by atoms with Gasteiger partial charge in [0.25, 0.3) is 15.5 Å². The Morgan fingerprint density at radius 2 is 2.00 bits per heavy atom. The lowest BCUT2D eigenvalue weighted by Gasteiger charge is -2.34. The average Bonchev–Trinajstić information content (AvgIpc) is 2.14. The van der Waals surface area contributed by atoms with Gasteiger partial charge in [0, 0.05) is 6.92 Å². The Balaban J connectivity index is 5.07. The normalized spacial score (nSPS) is 18.4. The molecule has 0 heterocycles. The Labute approximate surface area is 116 Å². The SMILES string of the molecule is CCC=C(OC)OC(C)(O[PH](=O)O)C(Cl)(Cl)Cl. The minimum atomic E-state index is -3.35. The lowest BCUT2D eigenvalue weighted by molar-refractivity contribution is -0.170. The monoisotopic (exact) mass is 326 g/mol. The van der Waals surface area contributed by atoms with Gasteiger partial charge in [-0.1, -0.05) is 41.7 Å². The molecule has 0 aromatic heterocycles. The first-order valence-electron chi connectivity index (χ1n) is 4.58. The molecule has 1 N–H and O–H groups in total. The van der Waals surface area contributed by atoms with E-state index in [1.54, 1.807) is 6.08 Å². The van der Waals surface area contributed by atoms with E-state index >= 15 is 0 Å². The summed E-state index contributed by atoms with van der Waals surface area (Å²) in [7, 11) is -2.00. The van der Waals surface area contributed by atoms with Crippen molar-refractivity contribution in [1.82, 2.24) is 0 Å². The van der Waals surface area contributed by atoms with Crippen LogP contribution in [0.1, 0.15) is 20.3 Å². The largest absolute Gasteiger partial charge is 0.469 e. The van der Waals surface area contributed by atoms with Crippen molar-refractivity contribution in [2.75, 3.05) is 7.11 Å². The quantitative estimate of drug-likeness (QED) is 0.351.